The van der Waals surface area contributed by atoms with E-state index in [0.29, 0.717) is 0 Å². The molecule has 1 aliphatic carbocycles. The van der Waals surface area contributed by atoms with Gasteiger partial charge in [0.2, 0.25) is 5.90 Å². The minimum absolute atomic E-state index is 0.199. The third kappa shape index (κ3) is 0.866. The number of hydrogen-bond donors (Lipinski definition) is 1. The molecular formula is C6H10N2O. The van der Waals surface area contributed by atoms with Crippen molar-refractivity contribution in [3.05, 3.63) is 0 Å². The first-order chi connectivity index (χ1) is 4.36. The first-order valence-electron chi connectivity index (χ1n) is 3.33. The topological polar surface area (TPSA) is 33.6 Å². The second kappa shape index (κ2) is 1.62. The third-order valence-electron chi connectivity index (χ3n) is 1.70. The Balaban J connectivity index is 1.91. The van der Waals surface area contributed by atoms with Crippen LogP contribution in [0.4, 0.5) is 0 Å². The standard InChI is InChI=1S/C6H10N2O/c1-4-7-8-6(9-4)5-2-3-5/h5-6,8H,2-3H2,1H3. The Bertz CT molecular complexity index is 151. The number of nitrogens with zero attached hydrogens (tertiary/aromatic N) is 1. The number of ether oxygens (including phenoxy) is 1. The molecule has 0 aromatic carbocycles. The van der Waals surface area contributed by atoms with E-state index in [0.717, 1.165) is 11.8 Å². The Morgan fingerprint density at radius 2 is 2.44 bits per heavy atom. The van der Waals surface area contributed by atoms with Crippen LogP contribution in [0.1, 0.15) is 19.8 Å². The molecule has 1 fully saturated rings. The van der Waals surface area contributed by atoms with Crippen molar-refractivity contribution in [1.29, 1.82) is 0 Å². The Morgan fingerprint density at radius 1 is 1.67 bits per heavy atom. The van der Waals surface area contributed by atoms with E-state index >= 15 is 0 Å². The Hall–Kier alpha value is -0.730. The van der Waals surface area contributed by atoms with E-state index in [1.165, 1.54) is 12.8 Å². The molecule has 0 bridgehead atoms. The molecule has 1 saturated carbocycles. The maximum absolute atomic E-state index is 5.32. The molecule has 0 spiro atoms. The summed E-state index contributed by atoms with van der Waals surface area (Å²) in [6.45, 7) is 1.87. The summed E-state index contributed by atoms with van der Waals surface area (Å²) in [6.07, 6.45) is 2.78. The van der Waals surface area contributed by atoms with Gasteiger partial charge in [-0.1, -0.05) is 0 Å². The summed E-state index contributed by atoms with van der Waals surface area (Å²) < 4.78 is 5.32. The zero-order chi connectivity index (χ0) is 6.27. The molecule has 1 aliphatic heterocycles. The maximum Gasteiger partial charge on any atom is 0.204 e. The van der Waals surface area contributed by atoms with Crippen LogP contribution in [0.25, 0.3) is 0 Å². The molecule has 9 heavy (non-hydrogen) atoms. The van der Waals surface area contributed by atoms with Gasteiger partial charge in [0.1, 0.15) is 0 Å². The molecule has 50 valence electrons. The summed E-state index contributed by atoms with van der Waals surface area (Å²) in [7, 11) is 0. The zero-order valence-electron chi connectivity index (χ0n) is 5.42. The number of nitrogens with one attached hydrogen (secondary N) is 1. The lowest BCUT2D eigenvalue weighted by molar-refractivity contribution is 0.161. The van der Waals surface area contributed by atoms with Gasteiger partial charge in [0.25, 0.3) is 0 Å². The normalized spacial score (nSPS) is 33.0. The van der Waals surface area contributed by atoms with Crippen molar-refractivity contribution in [2.24, 2.45) is 11.0 Å². The van der Waals surface area contributed by atoms with Crippen molar-refractivity contribution in [1.82, 2.24) is 5.43 Å². The van der Waals surface area contributed by atoms with E-state index in [1.807, 2.05) is 6.92 Å². The molecule has 2 rings (SSSR count). The minimum atomic E-state index is 0.199. The summed E-state index contributed by atoms with van der Waals surface area (Å²) in [6, 6.07) is 0. The molecule has 3 heteroatoms. The van der Waals surface area contributed by atoms with E-state index in [2.05, 4.69) is 10.5 Å². The quantitative estimate of drug-likeness (QED) is 0.560. The van der Waals surface area contributed by atoms with E-state index in [4.69, 9.17) is 4.74 Å². The molecule has 0 amide bonds. The molecule has 0 aromatic heterocycles. The van der Waals surface area contributed by atoms with Crippen LogP contribution in [-0.2, 0) is 4.74 Å². The van der Waals surface area contributed by atoms with Crippen molar-refractivity contribution in [2.45, 2.75) is 26.0 Å². The van der Waals surface area contributed by atoms with Gasteiger partial charge < -0.3 is 4.74 Å². The van der Waals surface area contributed by atoms with E-state index in [-0.39, 0.29) is 6.23 Å². The molecule has 1 N–H and O–H groups in total. The molecule has 0 radical (unpaired) electrons. The first-order valence-corrected chi connectivity index (χ1v) is 3.33. The molecule has 0 aromatic rings. The van der Waals surface area contributed by atoms with Crippen molar-refractivity contribution in [3.8, 4) is 0 Å². The van der Waals surface area contributed by atoms with Gasteiger partial charge in [-0.25, -0.2) is 0 Å². The van der Waals surface area contributed by atoms with Crippen LogP contribution < -0.4 is 5.43 Å². The number of hydrogen-bond acceptors (Lipinski definition) is 3. The third-order valence-corrected chi connectivity index (χ3v) is 1.70. The summed E-state index contributed by atoms with van der Waals surface area (Å²) >= 11 is 0. The van der Waals surface area contributed by atoms with E-state index in [1.54, 1.807) is 0 Å². The summed E-state index contributed by atoms with van der Waals surface area (Å²) in [5.41, 5.74) is 2.93. The fraction of sp³-hybridized carbons (Fsp3) is 0.833. The van der Waals surface area contributed by atoms with E-state index < -0.39 is 0 Å². The zero-order valence-corrected chi connectivity index (χ0v) is 5.42. The van der Waals surface area contributed by atoms with Crippen LogP contribution in [0.2, 0.25) is 0 Å². The van der Waals surface area contributed by atoms with Gasteiger partial charge in [-0.05, 0) is 12.8 Å². The van der Waals surface area contributed by atoms with Crippen LogP contribution in [0.3, 0.4) is 0 Å². The van der Waals surface area contributed by atoms with Crippen molar-refractivity contribution < 1.29 is 4.74 Å². The second-order valence-electron chi connectivity index (χ2n) is 2.64. The van der Waals surface area contributed by atoms with Crippen molar-refractivity contribution in [2.75, 3.05) is 0 Å². The highest BCUT2D eigenvalue weighted by atomic mass is 16.5. The highest BCUT2D eigenvalue weighted by molar-refractivity contribution is 5.74. The highest BCUT2D eigenvalue weighted by Crippen LogP contribution is 2.34. The van der Waals surface area contributed by atoms with Crippen molar-refractivity contribution in [3.63, 3.8) is 0 Å². The summed E-state index contributed by atoms with van der Waals surface area (Å²) in [5.74, 6) is 1.50. The van der Waals surface area contributed by atoms with Gasteiger partial charge in [0.15, 0.2) is 6.23 Å². The summed E-state index contributed by atoms with van der Waals surface area (Å²) in [5, 5.41) is 3.92. The van der Waals surface area contributed by atoms with Crippen molar-refractivity contribution >= 4 is 5.90 Å². The number of rotatable bonds is 1. The van der Waals surface area contributed by atoms with Gasteiger partial charge in [-0.2, -0.15) is 0 Å². The molecular weight excluding hydrogens is 116 g/mol. The fourth-order valence-electron chi connectivity index (χ4n) is 0.992. The smallest absolute Gasteiger partial charge is 0.204 e. The SMILES string of the molecule is CC1=NNC(C2CC2)O1. The lowest BCUT2D eigenvalue weighted by atomic mass is 10.4. The number of hydrazone groups is 1. The fourth-order valence-corrected chi connectivity index (χ4v) is 0.992. The molecule has 1 unspecified atom stereocenters. The Kier molecular flexibility index (Phi) is 0.917. The van der Waals surface area contributed by atoms with Gasteiger partial charge in [0, 0.05) is 12.8 Å². The Morgan fingerprint density at radius 3 is 2.89 bits per heavy atom. The second-order valence-corrected chi connectivity index (χ2v) is 2.64. The van der Waals surface area contributed by atoms with Crippen LogP contribution in [0.5, 0.6) is 0 Å². The highest BCUT2D eigenvalue weighted by Gasteiger charge is 2.35. The van der Waals surface area contributed by atoms with Crippen LogP contribution >= 0.6 is 0 Å². The van der Waals surface area contributed by atoms with Gasteiger partial charge in [0.05, 0.1) is 0 Å². The average molecular weight is 126 g/mol. The minimum Gasteiger partial charge on any atom is -0.455 e. The molecule has 3 nitrogen and oxygen atoms in total. The van der Waals surface area contributed by atoms with Gasteiger partial charge in [-0.15, -0.1) is 5.10 Å². The van der Waals surface area contributed by atoms with Crippen LogP contribution in [0, 0.1) is 5.92 Å². The molecule has 1 atom stereocenters. The van der Waals surface area contributed by atoms with Crippen LogP contribution in [-0.4, -0.2) is 12.1 Å². The molecule has 1 heterocycles. The monoisotopic (exact) mass is 126 g/mol. The predicted octanol–water partition coefficient (Wildman–Crippen LogP) is 0.676. The average Bonchev–Trinajstić information content (AvgIpc) is 2.58. The van der Waals surface area contributed by atoms with Gasteiger partial charge >= 0.3 is 0 Å². The lowest BCUT2D eigenvalue weighted by Crippen LogP contribution is -2.23. The summed E-state index contributed by atoms with van der Waals surface area (Å²) in [4.78, 5) is 0. The largest absolute Gasteiger partial charge is 0.455 e. The van der Waals surface area contributed by atoms with Crippen LogP contribution in [0.15, 0.2) is 5.10 Å². The van der Waals surface area contributed by atoms with E-state index in [9.17, 15) is 0 Å². The molecule has 2 aliphatic rings. The Labute approximate surface area is 54.1 Å². The maximum atomic E-state index is 5.32. The predicted molar refractivity (Wildman–Crippen MR) is 33.8 cm³/mol. The van der Waals surface area contributed by atoms with Gasteiger partial charge in [-0.3, -0.25) is 5.43 Å². The lowest BCUT2D eigenvalue weighted by Gasteiger charge is -2.06. The first kappa shape index (κ1) is 5.09. The molecule has 0 saturated heterocycles.